The standard InChI is InChI=1S/C16H21Cl2F3N4.HI/c1-10(13-3-2-12(17)6-14(13)18)24-15(22)23-7-11-4-5-25(8-11)9-16(19,20)21;/h2-3,6,10-11H,4-5,7-9H2,1H3,(H3,22,23,24);1H. The minimum absolute atomic E-state index is 0. The molecule has 1 aliphatic heterocycles. The molecule has 4 nitrogen and oxygen atoms in total. The fraction of sp³-hybridized carbons (Fsp3) is 0.562. The van der Waals surface area contributed by atoms with Gasteiger partial charge in [0.25, 0.3) is 0 Å². The van der Waals surface area contributed by atoms with E-state index >= 15 is 0 Å². The Kier molecular flexibility index (Phi) is 9.25. The smallest absolute Gasteiger partial charge is 0.370 e. The zero-order valence-corrected chi connectivity index (χ0v) is 18.0. The van der Waals surface area contributed by atoms with Gasteiger partial charge in [0.15, 0.2) is 5.96 Å². The van der Waals surface area contributed by atoms with Crippen molar-refractivity contribution in [1.82, 2.24) is 10.2 Å². The van der Waals surface area contributed by atoms with E-state index in [-0.39, 0.29) is 41.9 Å². The van der Waals surface area contributed by atoms with Crippen LogP contribution in [-0.4, -0.2) is 43.2 Å². The summed E-state index contributed by atoms with van der Waals surface area (Å²) in [5.41, 5.74) is 6.72. The second kappa shape index (κ2) is 10.2. The van der Waals surface area contributed by atoms with Crippen LogP contribution in [0.25, 0.3) is 0 Å². The summed E-state index contributed by atoms with van der Waals surface area (Å²) < 4.78 is 37.2. The molecule has 10 heteroatoms. The average molecular weight is 525 g/mol. The predicted octanol–water partition coefficient (Wildman–Crippen LogP) is 4.46. The Morgan fingerprint density at radius 3 is 2.73 bits per heavy atom. The van der Waals surface area contributed by atoms with E-state index in [0.717, 1.165) is 5.56 Å². The average Bonchev–Trinajstić information content (AvgIpc) is 2.90. The molecule has 0 amide bonds. The molecule has 0 aliphatic carbocycles. The van der Waals surface area contributed by atoms with Crippen LogP contribution in [-0.2, 0) is 0 Å². The minimum atomic E-state index is -4.16. The van der Waals surface area contributed by atoms with Gasteiger partial charge in [-0.1, -0.05) is 29.3 Å². The highest BCUT2D eigenvalue weighted by molar-refractivity contribution is 14.0. The molecule has 0 radical (unpaired) electrons. The quantitative estimate of drug-likeness (QED) is 0.339. The molecule has 0 bridgehead atoms. The Labute approximate surface area is 178 Å². The number of likely N-dealkylation sites (tertiary alicyclic amines) is 1. The van der Waals surface area contributed by atoms with Crippen molar-refractivity contribution in [2.24, 2.45) is 16.6 Å². The number of guanidine groups is 1. The van der Waals surface area contributed by atoms with Crippen molar-refractivity contribution in [2.45, 2.75) is 25.6 Å². The van der Waals surface area contributed by atoms with E-state index < -0.39 is 12.7 Å². The molecule has 0 spiro atoms. The van der Waals surface area contributed by atoms with Gasteiger partial charge in [0.1, 0.15) is 0 Å². The molecule has 1 fully saturated rings. The van der Waals surface area contributed by atoms with Gasteiger partial charge < -0.3 is 11.1 Å². The van der Waals surface area contributed by atoms with Crippen molar-refractivity contribution in [3.05, 3.63) is 33.8 Å². The van der Waals surface area contributed by atoms with Gasteiger partial charge in [0, 0.05) is 23.1 Å². The van der Waals surface area contributed by atoms with Crippen molar-refractivity contribution >= 4 is 53.1 Å². The summed E-state index contributed by atoms with van der Waals surface area (Å²) in [6, 6.07) is 5.03. The first-order valence-electron chi connectivity index (χ1n) is 7.94. The molecule has 26 heavy (non-hydrogen) atoms. The van der Waals surface area contributed by atoms with Crippen molar-refractivity contribution in [2.75, 3.05) is 26.2 Å². The van der Waals surface area contributed by atoms with Gasteiger partial charge in [-0.05, 0) is 43.5 Å². The number of alkyl halides is 3. The van der Waals surface area contributed by atoms with Crippen molar-refractivity contribution < 1.29 is 13.2 Å². The van der Waals surface area contributed by atoms with E-state index in [1.54, 1.807) is 12.1 Å². The lowest BCUT2D eigenvalue weighted by Crippen LogP contribution is -2.35. The summed E-state index contributed by atoms with van der Waals surface area (Å²) >= 11 is 12.0. The zero-order chi connectivity index (χ0) is 18.6. The van der Waals surface area contributed by atoms with Crippen molar-refractivity contribution in [3.63, 3.8) is 0 Å². The number of nitrogens with two attached hydrogens (primary N) is 1. The van der Waals surface area contributed by atoms with E-state index in [2.05, 4.69) is 10.3 Å². The molecular formula is C16H22Cl2F3IN4. The van der Waals surface area contributed by atoms with Crippen LogP contribution in [0.2, 0.25) is 10.0 Å². The van der Waals surface area contributed by atoms with Crippen molar-refractivity contribution in [3.8, 4) is 0 Å². The van der Waals surface area contributed by atoms with Gasteiger partial charge in [0.2, 0.25) is 0 Å². The molecule has 2 atom stereocenters. The fourth-order valence-corrected chi connectivity index (χ4v) is 3.46. The first-order valence-corrected chi connectivity index (χ1v) is 8.70. The van der Waals surface area contributed by atoms with Crippen LogP contribution < -0.4 is 11.1 Å². The molecule has 1 saturated heterocycles. The van der Waals surface area contributed by atoms with Crippen LogP contribution in [0.3, 0.4) is 0 Å². The Morgan fingerprint density at radius 2 is 2.12 bits per heavy atom. The van der Waals surface area contributed by atoms with Gasteiger partial charge in [0.05, 0.1) is 12.6 Å². The van der Waals surface area contributed by atoms with E-state index in [1.165, 1.54) is 4.90 Å². The summed E-state index contributed by atoms with van der Waals surface area (Å²) in [7, 11) is 0. The van der Waals surface area contributed by atoms with Gasteiger partial charge in [-0.25, -0.2) is 0 Å². The number of aliphatic imine (C=N–C) groups is 1. The molecule has 0 aromatic heterocycles. The lowest BCUT2D eigenvalue weighted by Gasteiger charge is -2.18. The molecular weight excluding hydrogens is 503 g/mol. The van der Waals surface area contributed by atoms with Gasteiger partial charge >= 0.3 is 6.18 Å². The molecule has 148 valence electrons. The number of hydrogen-bond acceptors (Lipinski definition) is 2. The van der Waals surface area contributed by atoms with Gasteiger partial charge in [-0.3, -0.25) is 9.89 Å². The fourth-order valence-electron chi connectivity index (χ4n) is 2.88. The van der Waals surface area contributed by atoms with E-state index in [0.29, 0.717) is 36.1 Å². The Hall–Kier alpha value is -0.450. The van der Waals surface area contributed by atoms with Crippen LogP contribution in [0.1, 0.15) is 24.9 Å². The number of nitrogens with zero attached hydrogens (tertiary/aromatic N) is 2. The van der Waals surface area contributed by atoms with E-state index in [9.17, 15) is 13.2 Å². The maximum atomic E-state index is 12.4. The van der Waals surface area contributed by atoms with Crippen LogP contribution in [0, 0.1) is 5.92 Å². The highest BCUT2D eigenvalue weighted by atomic mass is 127. The monoisotopic (exact) mass is 524 g/mol. The topological polar surface area (TPSA) is 53.6 Å². The first kappa shape index (κ1) is 23.6. The van der Waals surface area contributed by atoms with E-state index in [1.807, 2.05) is 13.0 Å². The molecule has 2 unspecified atom stereocenters. The second-order valence-electron chi connectivity index (χ2n) is 6.26. The third-order valence-corrected chi connectivity index (χ3v) is 4.65. The Morgan fingerprint density at radius 1 is 1.42 bits per heavy atom. The maximum Gasteiger partial charge on any atom is 0.401 e. The zero-order valence-electron chi connectivity index (χ0n) is 14.2. The Balaban J connectivity index is 0.00000338. The largest absolute Gasteiger partial charge is 0.401 e. The highest BCUT2D eigenvalue weighted by Crippen LogP contribution is 2.26. The normalized spacial score (nSPS) is 19.9. The summed E-state index contributed by atoms with van der Waals surface area (Å²) in [5.74, 6) is 0.324. The summed E-state index contributed by atoms with van der Waals surface area (Å²) in [6.07, 6.45) is -3.47. The Bertz CT molecular complexity index is 628. The molecule has 0 saturated carbocycles. The number of hydrogen-bond donors (Lipinski definition) is 2. The van der Waals surface area contributed by atoms with Crippen LogP contribution in [0.15, 0.2) is 23.2 Å². The van der Waals surface area contributed by atoms with Gasteiger partial charge in [-0.2, -0.15) is 13.2 Å². The van der Waals surface area contributed by atoms with Crippen LogP contribution in [0.5, 0.6) is 0 Å². The maximum absolute atomic E-state index is 12.4. The first-order chi connectivity index (χ1) is 11.6. The molecule has 1 aliphatic rings. The molecule has 1 heterocycles. The molecule has 2 rings (SSSR count). The molecule has 1 aromatic carbocycles. The SMILES string of the molecule is CC(NC(N)=NCC1CCN(CC(F)(F)F)C1)c1ccc(Cl)cc1Cl.I. The minimum Gasteiger partial charge on any atom is -0.370 e. The van der Waals surface area contributed by atoms with Crippen molar-refractivity contribution in [1.29, 1.82) is 0 Å². The molecule has 3 N–H and O–H groups in total. The summed E-state index contributed by atoms with van der Waals surface area (Å²) in [6.45, 7) is 2.23. The summed E-state index contributed by atoms with van der Waals surface area (Å²) in [4.78, 5) is 5.66. The van der Waals surface area contributed by atoms with Crippen LogP contribution >= 0.6 is 47.2 Å². The third kappa shape index (κ3) is 7.66. The highest BCUT2D eigenvalue weighted by Gasteiger charge is 2.34. The predicted molar refractivity (Wildman–Crippen MR) is 111 cm³/mol. The third-order valence-electron chi connectivity index (χ3n) is 4.09. The number of nitrogens with one attached hydrogen (secondary N) is 1. The summed E-state index contributed by atoms with van der Waals surface area (Å²) in [5, 5.41) is 4.11. The number of halogens is 6. The number of benzene rings is 1. The lowest BCUT2D eigenvalue weighted by atomic mass is 10.1. The lowest BCUT2D eigenvalue weighted by molar-refractivity contribution is -0.143. The van der Waals surface area contributed by atoms with Gasteiger partial charge in [-0.15, -0.1) is 24.0 Å². The molecule has 1 aromatic rings. The number of rotatable bonds is 5. The second-order valence-corrected chi connectivity index (χ2v) is 7.11. The van der Waals surface area contributed by atoms with E-state index in [4.69, 9.17) is 28.9 Å². The van der Waals surface area contributed by atoms with Crippen LogP contribution in [0.4, 0.5) is 13.2 Å².